The number of anilines is 3. The lowest BCUT2D eigenvalue weighted by molar-refractivity contribution is 0.617. The minimum Gasteiger partial charge on any atom is -0.367 e. The molecule has 4 nitrogen and oxygen atoms in total. The summed E-state index contributed by atoms with van der Waals surface area (Å²) in [6.45, 7) is 1.92. The largest absolute Gasteiger partial charge is 0.367 e. The van der Waals surface area contributed by atoms with Crippen molar-refractivity contribution < 1.29 is 4.39 Å². The standard InChI is InChI=1S/C18H23FN4/c1-13-12-17(21-14-8-4-2-3-5-9-14)23-18(20-13)22-16-11-7-6-10-15(16)19/h6-7,10-12,14H,2-5,8-9H2,1H3,(H2,20,21,22,23). The number of benzene rings is 1. The van der Waals surface area contributed by atoms with Gasteiger partial charge in [-0.25, -0.2) is 9.37 Å². The van der Waals surface area contributed by atoms with Gasteiger partial charge in [0.05, 0.1) is 5.69 Å². The zero-order valence-corrected chi connectivity index (χ0v) is 13.5. The summed E-state index contributed by atoms with van der Waals surface area (Å²) in [6.07, 6.45) is 7.53. The highest BCUT2D eigenvalue weighted by Gasteiger charge is 2.13. The average molecular weight is 314 g/mol. The number of nitrogens with zero attached hydrogens (tertiary/aromatic N) is 2. The van der Waals surface area contributed by atoms with Crippen LogP contribution in [0.15, 0.2) is 30.3 Å². The van der Waals surface area contributed by atoms with Crippen molar-refractivity contribution in [2.24, 2.45) is 0 Å². The lowest BCUT2D eigenvalue weighted by Gasteiger charge is -2.18. The van der Waals surface area contributed by atoms with E-state index in [1.54, 1.807) is 18.2 Å². The van der Waals surface area contributed by atoms with Gasteiger partial charge in [0.15, 0.2) is 0 Å². The van der Waals surface area contributed by atoms with Crippen LogP contribution in [0.1, 0.15) is 44.2 Å². The zero-order chi connectivity index (χ0) is 16.1. The van der Waals surface area contributed by atoms with Gasteiger partial charge in [0.1, 0.15) is 11.6 Å². The molecule has 1 heterocycles. The maximum atomic E-state index is 13.8. The van der Waals surface area contributed by atoms with Crippen molar-refractivity contribution in [1.29, 1.82) is 0 Å². The van der Waals surface area contributed by atoms with Crippen molar-refractivity contribution in [3.05, 3.63) is 41.8 Å². The van der Waals surface area contributed by atoms with Gasteiger partial charge in [0.25, 0.3) is 0 Å². The van der Waals surface area contributed by atoms with E-state index >= 15 is 0 Å². The molecule has 1 saturated carbocycles. The van der Waals surface area contributed by atoms with E-state index < -0.39 is 0 Å². The number of hydrogen-bond acceptors (Lipinski definition) is 4. The average Bonchev–Trinajstić information content (AvgIpc) is 2.78. The fourth-order valence-corrected chi connectivity index (χ4v) is 3.01. The van der Waals surface area contributed by atoms with Crippen molar-refractivity contribution in [3.8, 4) is 0 Å². The van der Waals surface area contributed by atoms with Gasteiger partial charge >= 0.3 is 0 Å². The minimum absolute atomic E-state index is 0.309. The molecule has 0 saturated heterocycles. The molecule has 0 radical (unpaired) electrons. The van der Waals surface area contributed by atoms with Crippen molar-refractivity contribution in [1.82, 2.24) is 9.97 Å². The molecule has 0 bridgehead atoms. The molecule has 0 aliphatic heterocycles. The highest BCUT2D eigenvalue weighted by atomic mass is 19.1. The van der Waals surface area contributed by atoms with Gasteiger partial charge in [-0.05, 0) is 31.9 Å². The Morgan fingerprint density at radius 2 is 1.78 bits per heavy atom. The molecule has 2 aromatic rings. The monoisotopic (exact) mass is 314 g/mol. The van der Waals surface area contributed by atoms with Crippen molar-refractivity contribution in [2.75, 3.05) is 10.6 Å². The van der Waals surface area contributed by atoms with Crippen LogP contribution in [0.2, 0.25) is 0 Å². The summed E-state index contributed by atoms with van der Waals surface area (Å²) < 4.78 is 13.8. The smallest absolute Gasteiger partial charge is 0.229 e. The normalized spacial score (nSPS) is 15.9. The Hall–Kier alpha value is -2.17. The number of nitrogens with one attached hydrogen (secondary N) is 2. The van der Waals surface area contributed by atoms with E-state index in [9.17, 15) is 4.39 Å². The third-order valence-corrected chi connectivity index (χ3v) is 4.18. The SMILES string of the molecule is Cc1cc(NC2CCCCCC2)nc(Nc2ccccc2F)n1. The first kappa shape index (κ1) is 15.7. The second-order valence-corrected chi connectivity index (χ2v) is 6.16. The molecule has 3 rings (SSSR count). The lowest BCUT2D eigenvalue weighted by Crippen LogP contribution is -2.19. The summed E-state index contributed by atoms with van der Waals surface area (Å²) in [5, 5.41) is 6.48. The van der Waals surface area contributed by atoms with Gasteiger partial charge in [-0.2, -0.15) is 4.98 Å². The number of hydrogen-bond donors (Lipinski definition) is 2. The maximum absolute atomic E-state index is 13.8. The summed E-state index contributed by atoms with van der Waals surface area (Å²) in [6, 6.07) is 8.95. The Labute approximate surface area is 136 Å². The maximum Gasteiger partial charge on any atom is 0.229 e. The molecule has 0 atom stereocenters. The predicted octanol–water partition coefficient (Wildman–Crippen LogP) is 4.80. The lowest BCUT2D eigenvalue weighted by atomic mass is 10.1. The first-order valence-corrected chi connectivity index (χ1v) is 8.34. The molecule has 2 N–H and O–H groups in total. The van der Waals surface area contributed by atoms with E-state index in [4.69, 9.17) is 0 Å². The van der Waals surface area contributed by atoms with Crippen molar-refractivity contribution >= 4 is 17.5 Å². The Morgan fingerprint density at radius 1 is 1.04 bits per heavy atom. The molecule has 1 aromatic carbocycles. The molecule has 0 unspecified atom stereocenters. The molecule has 1 aliphatic carbocycles. The number of aryl methyl sites for hydroxylation is 1. The summed E-state index contributed by atoms with van der Waals surface area (Å²) in [5.41, 5.74) is 1.24. The first-order chi connectivity index (χ1) is 11.2. The van der Waals surface area contributed by atoms with Gasteiger partial charge in [-0.15, -0.1) is 0 Å². The molecule has 5 heteroatoms. The Kier molecular flexibility index (Phi) is 5.05. The summed E-state index contributed by atoms with van der Waals surface area (Å²) in [4.78, 5) is 8.85. The van der Waals surface area contributed by atoms with Crippen LogP contribution in [0.5, 0.6) is 0 Å². The predicted molar refractivity (Wildman–Crippen MR) is 91.6 cm³/mol. The van der Waals surface area contributed by atoms with Crippen molar-refractivity contribution in [2.45, 2.75) is 51.5 Å². The molecular weight excluding hydrogens is 291 g/mol. The Morgan fingerprint density at radius 3 is 2.52 bits per heavy atom. The molecule has 23 heavy (non-hydrogen) atoms. The van der Waals surface area contributed by atoms with Crippen molar-refractivity contribution in [3.63, 3.8) is 0 Å². The van der Waals surface area contributed by atoms with Gasteiger partial charge in [0, 0.05) is 17.8 Å². The Bertz CT molecular complexity index is 651. The molecular formula is C18H23FN4. The van der Waals surface area contributed by atoms with Crippen LogP contribution < -0.4 is 10.6 Å². The number of halogens is 1. The van der Waals surface area contributed by atoms with Gasteiger partial charge in [0.2, 0.25) is 5.95 Å². The number of rotatable bonds is 4. The van der Waals surface area contributed by atoms with Gasteiger partial charge in [-0.3, -0.25) is 0 Å². The molecule has 1 aromatic heterocycles. The summed E-state index contributed by atoms with van der Waals surface area (Å²) in [7, 11) is 0. The molecule has 1 aliphatic rings. The number of para-hydroxylation sites is 1. The second kappa shape index (κ2) is 7.40. The van der Waals surface area contributed by atoms with Crippen LogP contribution in [0, 0.1) is 12.7 Å². The van der Waals surface area contributed by atoms with E-state index in [-0.39, 0.29) is 5.82 Å². The quantitative estimate of drug-likeness (QED) is 0.796. The molecule has 0 spiro atoms. The van der Waals surface area contributed by atoms with Crippen LogP contribution in [-0.2, 0) is 0 Å². The third kappa shape index (κ3) is 4.41. The van der Waals surface area contributed by atoms with Crippen LogP contribution in [0.25, 0.3) is 0 Å². The third-order valence-electron chi connectivity index (χ3n) is 4.18. The van der Waals surface area contributed by atoms with Gasteiger partial charge in [-0.1, -0.05) is 37.8 Å². The van der Waals surface area contributed by atoms with Crippen LogP contribution in [0.3, 0.4) is 0 Å². The fourth-order valence-electron chi connectivity index (χ4n) is 3.01. The van der Waals surface area contributed by atoms with Crippen LogP contribution in [0.4, 0.5) is 21.8 Å². The molecule has 122 valence electrons. The zero-order valence-electron chi connectivity index (χ0n) is 13.5. The Balaban J connectivity index is 1.74. The second-order valence-electron chi connectivity index (χ2n) is 6.16. The summed E-state index contributed by atoms with van der Waals surface area (Å²) >= 11 is 0. The van der Waals surface area contributed by atoms with E-state index in [2.05, 4.69) is 20.6 Å². The molecule has 1 fully saturated rings. The molecule has 0 amide bonds. The van der Waals surface area contributed by atoms with E-state index in [0.717, 1.165) is 11.5 Å². The van der Waals surface area contributed by atoms with E-state index in [1.807, 2.05) is 13.0 Å². The van der Waals surface area contributed by atoms with Crippen LogP contribution >= 0.6 is 0 Å². The fraction of sp³-hybridized carbons (Fsp3) is 0.444. The minimum atomic E-state index is -0.309. The number of aromatic nitrogens is 2. The topological polar surface area (TPSA) is 49.8 Å². The van der Waals surface area contributed by atoms with Gasteiger partial charge < -0.3 is 10.6 Å². The highest BCUT2D eigenvalue weighted by Crippen LogP contribution is 2.22. The highest BCUT2D eigenvalue weighted by molar-refractivity contribution is 5.56. The van der Waals surface area contributed by atoms with E-state index in [1.165, 1.54) is 44.6 Å². The van der Waals surface area contributed by atoms with Crippen LogP contribution in [-0.4, -0.2) is 16.0 Å². The van der Waals surface area contributed by atoms with E-state index in [0.29, 0.717) is 17.7 Å². The summed E-state index contributed by atoms with van der Waals surface area (Å²) in [5.74, 6) is 0.922. The first-order valence-electron chi connectivity index (χ1n) is 8.34.